The van der Waals surface area contributed by atoms with Crippen molar-refractivity contribution in [3.8, 4) is 10.8 Å². The number of nitrogens with one attached hydrogen (secondary N) is 1. The van der Waals surface area contributed by atoms with Gasteiger partial charge in [0.05, 0.1) is 11.7 Å². The highest BCUT2D eigenvalue weighted by molar-refractivity contribution is 7.09. The molecule has 0 bridgehead atoms. The Morgan fingerprint density at radius 2 is 2.07 bits per heavy atom. The number of amides is 1. The van der Waals surface area contributed by atoms with Crippen molar-refractivity contribution in [1.82, 2.24) is 23.8 Å². The number of fused-ring (bicyclic) bond motifs is 1. The van der Waals surface area contributed by atoms with Crippen molar-refractivity contribution in [3.05, 3.63) is 54.1 Å². The van der Waals surface area contributed by atoms with Crippen molar-refractivity contribution in [2.75, 3.05) is 11.9 Å². The fourth-order valence-electron chi connectivity index (χ4n) is 3.52. The second-order valence-corrected chi connectivity index (χ2v) is 7.56. The van der Waals surface area contributed by atoms with Crippen LogP contribution in [0.2, 0.25) is 0 Å². The third kappa shape index (κ3) is 3.60. The predicted molar refractivity (Wildman–Crippen MR) is 107 cm³/mol. The van der Waals surface area contributed by atoms with E-state index in [4.69, 9.17) is 0 Å². The van der Waals surface area contributed by atoms with Gasteiger partial charge >= 0.3 is 0 Å². The van der Waals surface area contributed by atoms with Gasteiger partial charge in [0.15, 0.2) is 16.6 Å². The van der Waals surface area contributed by atoms with E-state index in [0.717, 1.165) is 5.69 Å². The van der Waals surface area contributed by atoms with E-state index in [0.29, 0.717) is 41.1 Å². The number of carbonyl (C=O) groups is 1. The number of anilines is 1. The molecule has 10 heteroatoms. The summed E-state index contributed by atoms with van der Waals surface area (Å²) in [5, 5.41) is 13.3. The van der Waals surface area contributed by atoms with Crippen LogP contribution in [-0.2, 0) is 6.54 Å². The van der Waals surface area contributed by atoms with Gasteiger partial charge in [-0.25, -0.2) is 14.4 Å². The molecule has 2 atom stereocenters. The van der Waals surface area contributed by atoms with Gasteiger partial charge in [-0.1, -0.05) is 0 Å². The maximum Gasteiger partial charge on any atom is 0.254 e. The van der Waals surface area contributed by atoms with Gasteiger partial charge in [-0.2, -0.15) is 4.37 Å². The molecular formula is C19H20FN6O2S. The topological polar surface area (TPSA) is 96.2 Å². The van der Waals surface area contributed by atoms with Gasteiger partial charge in [0.25, 0.3) is 5.91 Å². The number of carbonyl (C=O) groups excluding carboxylic acids is 1. The smallest absolute Gasteiger partial charge is 0.254 e. The molecule has 1 aliphatic rings. The zero-order valence-corrected chi connectivity index (χ0v) is 16.8. The highest BCUT2D eigenvalue weighted by Crippen LogP contribution is 2.37. The maximum absolute atomic E-state index is 13.2. The Kier molecular flexibility index (Phi) is 5.05. The summed E-state index contributed by atoms with van der Waals surface area (Å²) >= 11 is 1.25. The minimum atomic E-state index is -1.06. The molecule has 1 amide bonds. The first-order chi connectivity index (χ1) is 13.8. The molecule has 8 nitrogen and oxygen atoms in total. The summed E-state index contributed by atoms with van der Waals surface area (Å²) in [6.45, 7) is 8.22. The molecule has 0 fully saturated rings. The standard InChI is InChI=1S/C19H20FN6O2S/c1-10-15-16(22-12(3)27)23-17(18-21-11(2)24-29-18)26(15)9-8-25(10)19(28)13-4-6-14(20)7-5-13/h4-7,10,12,22,27H,3,8-9H2,1-2H3/t10?,12-/m1/s1. The summed E-state index contributed by atoms with van der Waals surface area (Å²) in [6, 6.07) is 5.16. The highest BCUT2D eigenvalue weighted by Gasteiger charge is 2.34. The number of hydrogen-bond donors (Lipinski definition) is 2. The molecule has 1 aliphatic heterocycles. The molecule has 2 aromatic heterocycles. The summed E-state index contributed by atoms with van der Waals surface area (Å²) in [7, 11) is 0. The number of aliphatic hydroxyl groups is 1. The average molecular weight is 415 g/mol. The maximum atomic E-state index is 13.2. The third-order valence-electron chi connectivity index (χ3n) is 4.81. The van der Waals surface area contributed by atoms with Crippen LogP contribution in [0.1, 0.15) is 34.8 Å². The van der Waals surface area contributed by atoms with Crippen molar-refractivity contribution in [2.24, 2.45) is 0 Å². The summed E-state index contributed by atoms with van der Waals surface area (Å²) in [4.78, 5) is 23.8. The van der Waals surface area contributed by atoms with Gasteiger partial charge in [0, 0.05) is 18.7 Å². The van der Waals surface area contributed by atoms with Crippen LogP contribution in [0.5, 0.6) is 0 Å². The average Bonchev–Trinajstić information content (AvgIpc) is 3.26. The van der Waals surface area contributed by atoms with E-state index in [1.54, 1.807) is 4.90 Å². The molecule has 1 aromatic carbocycles. The Bertz CT molecular complexity index is 1050. The molecule has 151 valence electrons. The Balaban J connectivity index is 1.73. The molecule has 2 N–H and O–H groups in total. The second kappa shape index (κ2) is 7.53. The van der Waals surface area contributed by atoms with Crippen LogP contribution in [0.15, 0.2) is 24.3 Å². The van der Waals surface area contributed by atoms with Gasteiger partial charge < -0.3 is 19.9 Å². The first-order valence-electron chi connectivity index (χ1n) is 9.10. The van der Waals surface area contributed by atoms with Crippen molar-refractivity contribution in [2.45, 2.75) is 32.7 Å². The number of aryl methyl sites for hydroxylation is 1. The van der Waals surface area contributed by atoms with Crippen LogP contribution in [0, 0.1) is 19.7 Å². The molecule has 0 saturated heterocycles. The number of aliphatic hydroxyl groups excluding tert-OH is 1. The highest BCUT2D eigenvalue weighted by atomic mass is 32.1. The van der Waals surface area contributed by atoms with E-state index in [-0.39, 0.29) is 17.8 Å². The van der Waals surface area contributed by atoms with Gasteiger partial charge in [0.2, 0.25) is 0 Å². The van der Waals surface area contributed by atoms with E-state index < -0.39 is 6.23 Å². The summed E-state index contributed by atoms with van der Waals surface area (Å²) in [5.41, 5.74) is 1.16. The Labute approximate surface area is 171 Å². The monoisotopic (exact) mass is 415 g/mol. The third-order valence-corrected chi connectivity index (χ3v) is 5.61. The van der Waals surface area contributed by atoms with Crippen molar-refractivity contribution >= 4 is 23.3 Å². The molecule has 1 unspecified atom stereocenters. The Morgan fingerprint density at radius 3 is 2.69 bits per heavy atom. The van der Waals surface area contributed by atoms with Crippen LogP contribution >= 0.6 is 11.5 Å². The zero-order valence-electron chi connectivity index (χ0n) is 16.0. The molecule has 0 aliphatic carbocycles. The van der Waals surface area contributed by atoms with E-state index in [1.165, 1.54) is 35.8 Å². The van der Waals surface area contributed by atoms with E-state index >= 15 is 0 Å². The molecule has 1 radical (unpaired) electrons. The lowest BCUT2D eigenvalue weighted by Crippen LogP contribution is -2.41. The second-order valence-electron chi connectivity index (χ2n) is 6.81. The largest absolute Gasteiger partial charge is 0.374 e. The number of imidazole rings is 1. The SMILES string of the molecule is [CH2][C@@H](O)Nc1nc(-c2nc(C)ns2)n2c1C(C)N(C(=O)c1ccc(F)cc1)CC2. The number of rotatable bonds is 4. The fraction of sp³-hybridized carbons (Fsp3) is 0.316. The zero-order chi connectivity index (χ0) is 20.7. The lowest BCUT2D eigenvalue weighted by molar-refractivity contribution is 0.0645. The van der Waals surface area contributed by atoms with Gasteiger partial charge in [-0.05, 0) is 56.6 Å². The van der Waals surface area contributed by atoms with Crippen molar-refractivity contribution in [3.63, 3.8) is 0 Å². The number of hydrogen-bond acceptors (Lipinski definition) is 7. The Hall–Kier alpha value is -2.85. The van der Waals surface area contributed by atoms with E-state index in [1.807, 2.05) is 18.4 Å². The Morgan fingerprint density at radius 1 is 1.34 bits per heavy atom. The predicted octanol–water partition coefficient (Wildman–Crippen LogP) is 2.63. The first-order valence-corrected chi connectivity index (χ1v) is 9.88. The van der Waals surface area contributed by atoms with Crippen LogP contribution in [0.4, 0.5) is 10.2 Å². The number of nitrogens with zero attached hydrogens (tertiary/aromatic N) is 5. The first kappa shape index (κ1) is 19.5. The van der Waals surface area contributed by atoms with Gasteiger partial charge in [-0.3, -0.25) is 4.79 Å². The summed E-state index contributed by atoms with van der Waals surface area (Å²) in [6.07, 6.45) is -1.06. The van der Waals surface area contributed by atoms with Gasteiger partial charge in [-0.15, -0.1) is 0 Å². The quantitative estimate of drug-likeness (QED) is 0.636. The summed E-state index contributed by atoms with van der Waals surface area (Å²) < 4.78 is 19.4. The number of benzene rings is 1. The molecular weight excluding hydrogens is 395 g/mol. The van der Waals surface area contributed by atoms with Crippen LogP contribution in [0.25, 0.3) is 10.8 Å². The summed E-state index contributed by atoms with van der Waals surface area (Å²) in [5.74, 6) is 1.15. The lowest BCUT2D eigenvalue weighted by atomic mass is 10.1. The normalized spacial score (nSPS) is 17.1. The molecule has 4 rings (SSSR count). The minimum absolute atomic E-state index is 0.195. The van der Waals surface area contributed by atoms with Crippen LogP contribution in [-0.4, -0.2) is 47.6 Å². The van der Waals surface area contributed by atoms with Crippen molar-refractivity contribution in [1.29, 1.82) is 0 Å². The number of aromatic nitrogens is 4. The van der Waals surface area contributed by atoms with E-state index in [9.17, 15) is 14.3 Å². The van der Waals surface area contributed by atoms with E-state index in [2.05, 4.69) is 26.6 Å². The molecule has 0 spiro atoms. The van der Waals surface area contributed by atoms with Gasteiger partial charge in [0.1, 0.15) is 17.9 Å². The molecule has 0 saturated carbocycles. The molecule has 29 heavy (non-hydrogen) atoms. The van der Waals surface area contributed by atoms with Crippen LogP contribution < -0.4 is 5.32 Å². The fourth-order valence-corrected chi connectivity index (χ4v) is 4.18. The lowest BCUT2D eigenvalue weighted by Gasteiger charge is -2.35. The number of halogens is 1. The van der Waals surface area contributed by atoms with Crippen LogP contribution in [0.3, 0.4) is 0 Å². The van der Waals surface area contributed by atoms with Crippen molar-refractivity contribution < 1.29 is 14.3 Å². The molecule has 3 heterocycles. The minimum Gasteiger partial charge on any atom is -0.374 e. The molecule has 3 aromatic rings.